The summed E-state index contributed by atoms with van der Waals surface area (Å²) in [5, 5.41) is 1.72. The first-order chi connectivity index (χ1) is 10.6. The largest absolute Gasteiger partial charge is 0.353 e. The van der Waals surface area contributed by atoms with E-state index in [0.717, 1.165) is 54.5 Å². The van der Waals surface area contributed by atoms with Gasteiger partial charge in [-0.3, -0.25) is 9.79 Å². The van der Waals surface area contributed by atoms with Gasteiger partial charge in [-0.05, 0) is 30.5 Å². The summed E-state index contributed by atoms with van der Waals surface area (Å²) in [5.41, 5.74) is 0.816. The molecule has 1 aromatic rings. The van der Waals surface area contributed by atoms with Gasteiger partial charge < -0.3 is 4.90 Å². The lowest BCUT2D eigenvalue weighted by Crippen LogP contribution is -2.35. The molecule has 1 heterocycles. The van der Waals surface area contributed by atoms with E-state index >= 15 is 0 Å². The van der Waals surface area contributed by atoms with E-state index in [0.29, 0.717) is 11.5 Å². The summed E-state index contributed by atoms with van der Waals surface area (Å²) < 4.78 is 0. The Morgan fingerprint density at radius 2 is 2.00 bits per heavy atom. The summed E-state index contributed by atoms with van der Waals surface area (Å²) in [7, 11) is 2.04. The van der Waals surface area contributed by atoms with Crippen LogP contribution in [0.3, 0.4) is 0 Å². The van der Waals surface area contributed by atoms with Gasteiger partial charge in [-0.2, -0.15) is 0 Å². The van der Waals surface area contributed by atoms with Crippen molar-refractivity contribution in [2.75, 3.05) is 25.9 Å². The average Bonchev–Trinajstić information content (AvgIpc) is 3.15. The Kier molecular flexibility index (Phi) is 4.79. The summed E-state index contributed by atoms with van der Waals surface area (Å²) in [4.78, 5) is 19.6. The number of carbonyl (C=O) groups excluding carboxylic acids is 1. The number of hydrogen-bond acceptors (Lipinski definition) is 4. The molecular weight excluding hydrogens is 316 g/mol. The molecular formula is C17H21ClN2OS. The van der Waals surface area contributed by atoms with Gasteiger partial charge in [0.1, 0.15) is 0 Å². The van der Waals surface area contributed by atoms with Gasteiger partial charge in [0, 0.05) is 18.6 Å². The quantitative estimate of drug-likeness (QED) is 0.839. The number of carbonyl (C=O) groups is 1. The van der Waals surface area contributed by atoms with E-state index < -0.39 is 0 Å². The Morgan fingerprint density at radius 3 is 2.59 bits per heavy atom. The van der Waals surface area contributed by atoms with E-state index in [4.69, 9.17) is 11.6 Å². The fraction of sp³-hybridized carbons (Fsp3) is 0.529. The summed E-state index contributed by atoms with van der Waals surface area (Å²) in [6.45, 7) is 1.80. The number of aliphatic imine (C=N–C) groups is 1. The normalized spacial score (nSPS) is 20.3. The molecule has 2 aliphatic rings. The number of Topliss-reactive ketones (excluding diaryl/α,β-unsaturated/α-hetero) is 1. The standard InChI is InChI=1S/C17H21ClN2OS/c1-20-11-10-19-16(20)22-12-15(21)17(8-2-3-9-17)13-4-6-14(18)7-5-13/h4-7H,2-3,8-12H2,1H3. The molecule has 1 saturated carbocycles. The molecule has 22 heavy (non-hydrogen) atoms. The number of thioether (sulfide) groups is 1. The van der Waals surface area contributed by atoms with Gasteiger partial charge in [0.25, 0.3) is 0 Å². The van der Waals surface area contributed by atoms with Gasteiger partial charge >= 0.3 is 0 Å². The minimum absolute atomic E-state index is 0.310. The van der Waals surface area contributed by atoms with Crippen LogP contribution in [-0.2, 0) is 10.2 Å². The van der Waals surface area contributed by atoms with Gasteiger partial charge in [-0.1, -0.05) is 48.3 Å². The topological polar surface area (TPSA) is 32.7 Å². The first kappa shape index (κ1) is 15.9. The maximum absolute atomic E-state index is 13.0. The third-order valence-corrected chi connectivity index (χ3v) is 6.09. The Labute approximate surface area is 141 Å². The second-order valence-electron chi connectivity index (χ2n) is 6.09. The Hall–Kier alpha value is -1.00. The zero-order valence-corrected chi connectivity index (χ0v) is 14.4. The highest BCUT2D eigenvalue weighted by Gasteiger charge is 2.42. The van der Waals surface area contributed by atoms with E-state index in [9.17, 15) is 4.79 Å². The molecule has 0 unspecified atom stereocenters. The molecule has 118 valence electrons. The predicted octanol–water partition coefficient (Wildman–Crippen LogP) is 3.76. The summed E-state index contributed by atoms with van der Waals surface area (Å²) in [5.74, 6) is 0.839. The van der Waals surface area contributed by atoms with Gasteiger partial charge in [-0.25, -0.2) is 0 Å². The van der Waals surface area contributed by atoms with Crippen LogP contribution in [0.15, 0.2) is 29.3 Å². The maximum Gasteiger partial charge on any atom is 0.159 e. The average molecular weight is 337 g/mol. The molecule has 1 fully saturated rings. The van der Waals surface area contributed by atoms with Crippen molar-refractivity contribution in [2.24, 2.45) is 4.99 Å². The Morgan fingerprint density at radius 1 is 1.32 bits per heavy atom. The third kappa shape index (κ3) is 3.04. The highest BCUT2D eigenvalue weighted by Crippen LogP contribution is 2.43. The van der Waals surface area contributed by atoms with Crippen LogP contribution in [0.5, 0.6) is 0 Å². The fourth-order valence-electron chi connectivity index (χ4n) is 3.41. The molecule has 0 amide bonds. The van der Waals surface area contributed by atoms with Crippen LogP contribution in [0.1, 0.15) is 31.2 Å². The first-order valence-corrected chi connectivity index (χ1v) is 9.16. The molecule has 0 aromatic heterocycles. The van der Waals surface area contributed by atoms with Gasteiger partial charge in [0.2, 0.25) is 0 Å². The number of likely N-dealkylation sites (N-methyl/N-ethyl adjacent to an activating group) is 1. The molecule has 1 aliphatic carbocycles. The highest BCUT2D eigenvalue weighted by molar-refractivity contribution is 8.14. The van der Waals surface area contributed by atoms with E-state index in [-0.39, 0.29) is 5.41 Å². The zero-order valence-electron chi connectivity index (χ0n) is 12.8. The zero-order chi connectivity index (χ0) is 15.6. The third-order valence-electron chi connectivity index (χ3n) is 4.73. The van der Waals surface area contributed by atoms with Crippen molar-refractivity contribution in [1.82, 2.24) is 4.90 Å². The molecule has 0 atom stereocenters. The molecule has 0 bridgehead atoms. The number of hydrogen-bond donors (Lipinski definition) is 0. The second-order valence-corrected chi connectivity index (χ2v) is 7.47. The van der Waals surface area contributed by atoms with Crippen LogP contribution in [0.4, 0.5) is 0 Å². The van der Waals surface area contributed by atoms with Crippen LogP contribution < -0.4 is 0 Å². The highest BCUT2D eigenvalue weighted by atomic mass is 35.5. The van der Waals surface area contributed by atoms with Crippen LogP contribution in [-0.4, -0.2) is 41.7 Å². The van der Waals surface area contributed by atoms with Crippen LogP contribution in [0, 0.1) is 0 Å². The van der Waals surface area contributed by atoms with Crippen molar-refractivity contribution >= 4 is 34.3 Å². The summed E-state index contributed by atoms with van der Waals surface area (Å²) in [6.07, 6.45) is 4.16. The SMILES string of the molecule is CN1CCN=C1SCC(=O)C1(c2ccc(Cl)cc2)CCCC1. The smallest absolute Gasteiger partial charge is 0.159 e. The molecule has 0 saturated heterocycles. The molecule has 1 aliphatic heterocycles. The number of ketones is 1. The van der Waals surface area contributed by atoms with Crippen molar-refractivity contribution < 1.29 is 4.79 Å². The van der Waals surface area contributed by atoms with Crippen LogP contribution >= 0.6 is 23.4 Å². The minimum atomic E-state index is -0.310. The van der Waals surface area contributed by atoms with E-state index in [2.05, 4.69) is 9.89 Å². The van der Waals surface area contributed by atoms with Crippen molar-refractivity contribution in [2.45, 2.75) is 31.1 Å². The lowest BCUT2D eigenvalue weighted by atomic mass is 9.76. The second kappa shape index (κ2) is 6.63. The Bertz CT molecular complexity index is 579. The Balaban J connectivity index is 1.75. The van der Waals surface area contributed by atoms with E-state index in [1.165, 1.54) is 0 Å². The monoisotopic (exact) mass is 336 g/mol. The number of amidine groups is 1. The summed E-state index contributed by atoms with van der Waals surface area (Å²) in [6, 6.07) is 7.84. The van der Waals surface area contributed by atoms with E-state index in [1.807, 2.05) is 31.3 Å². The predicted molar refractivity (Wildman–Crippen MR) is 94.0 cm³/mol. The number of benzene rings is 1. The molecule has 0 N–H and O–H groups in total. The lowest BCUT2D eigenvalue weighted by Gasteiger charge is -2.28. The van der Waals surface area contributed by atoms with E-state index in [1.54, 1.807) is 11.8 Å². The summed E-state index contributed by atoms with van der Waals surface area (Å²) >= 11 is 7.58. The molecule has 3 rings (SSSR count). The molecule has 3 nitrogen and oxygen atoms in total. The minimum Gasteiger partial charge on any atom is -0.353 e. The van der Waals surface area contributed by atoms with Gasteiger partial charge in [0.15, 0.2) is 11.0 Å². The molecule has 0 spiro atoms. The maximum atomic E-state index is 13.0. The molecule has 5 heteroatoms. The van der Waals surface area contributed by atoms with Crippen LogP contribution in [0.25, 0.3) is 0 Å². The van der Waals surface area contributed by atoms with Crippen molar-refractivity contribution in [3.05, 3.63) is 34.9 Å². The van der Waals surface area contributed by atoms with Crippen molar-refractivity contribution in [3.8, 4) is 0 Å². The fourth-order valence-corrected chi connectivity index (χ4v) is 4.57. The lowest BCUT2D eigenvalue weighted by molar-refractivity contribution is -0.121. The number of rotatable bonds is 4. The van der Waals surface area contributed by atoms with Gasteiger partial charge in [0.05, 0.1) is 17.7 Å². The number of nitrogens with zero attached hydrogens (tertiary/aromatic N) is 2. The van der Waals surface area contributed by atoms with Crippen molar-refractivity contribution in [3.63, 3.8) is 0 Å². The molecule has 1 aromatic carbocycles. The van der Waals surface area contributed by atoms with Gasteiger partial charge in [-0.15, -0.1) is 0 Å². The van der Waals surface area contributed by atoms with Crippen molar-refractivity contribution in [1.29, 1.82) is 0 Å². The molecule has 0 radical (unpaired) electrons. The first-order valence-electron chi connectivity index (χ1n) is 7.79. The van der Waals surface area contributed by atoms with Crippen LogP contribution in [0.2, 0.25) is 5.02 Å². The number of halogens is 1.